The Bertz CT molecular complexity index is 731. The molecule has 0 bridgehead atoms. The van der Waals surface area contributed by atoms with Crippen LogP contribution in [0.1, 0.15) is 11.1 Å². The molecule has 4 rings (SSSR count). The summed E-state index contributed by atoms with van der Waals surface area (Å²) >= 11 is 0. The number of hydrogen-bond acceptors (Lipinski definition) is 0. The highest BCUT2D eigenvalue weighted by molar-refractivity contribution is 6.16. The molecule has 0 amide bonds. The van der Waals surface area contributed by atoms with Crippen molar-refractivity contribution in [3.63, 3.8) is 0 Å². The molecule has 0 heterocycles. The van der Waals surface area contributed by atoms with Gasteiger partial charge in [-0.05, 0) is 58.0 Å². The minimum absolute atomic E-state index is 1.35. The summed E-state index contributed by atoms with van der Waals surface area (Å²) in [6.45, 7) is 4.42. The fourth-order valence-electron chi connectivity index (χ4n) is 3.24. The number of benzene rings is 3. The predicted octanol–water partition coefficient (Wildman–Crippen LogP) is 5.10. The van der Waals surface area contributed by atoms with Gasteiger partial charge in [-0.1, -0.05) is 48.5 Å². The fourth-order valence-corrected chi connectivity index (χ4v) is 3.24. The molecule has 0 aliphatic heterocycles. The highest BCUT2D eigenvalue weighted by atomic mass is 14.3. The van der Waals surface area contributed by atoms with Gasteiger partial charge in [0, 0.05) is 0 Å². The van der Waals surface area contributed by atoms with E-state index in [4.69, 9.17) is 0 Å². The third-order valence-corrected chi connectivity index (χ3v) is 4.07. The van der Waals surface area contributed by atoms with E-state index in [1.54, 1.807) is 0 Å². The average Bonchev–Trinajstić information content (AvgIpc) is 2.74. The zero-order valence-corrected chi connectivity index (χ0v) is 10.6. The van der Waals surface area contributed by atoms with Gasteiger partial charge in [0.2, 0.25) is 0 Å². The van der Waals surface area contributed by atoms with Gasteiger partial charge in [-0.25, -0.2) is 0 Å². The van der Waals surface area contributed by atoms with E-state index in [0.717, 1.165) is 0 Å². The second-order valence-corrected chi connectivity index (χ2v) is 5.16. The third kappa shape index (κ3) is 1.06. The normalized spacial score (nSPS) is 11.9. The number of fused-ring (bicyclic) bond motifs is 3. The smallest absolute Gasteiger partial charge is 0.00210 e. The molecule has 0 radical (unpaired) electrons. The number of aryl methyl sites for hydroxylation is 2. The molecule has 3 aromatic carbocycles. The van der Waals surface area contributed by atoms with Gasteiger partial charge in [0.1, 0.15) is 0 Å². The van der Waals surface area contributed by atoms with Gasteiger partial charge in [-0.3, -0.25) is 0 Å². The van der Waals surface area contributed by atoms with E-state index >= 15 is 0 Å². The highest BCUT2D eigenvalue weighted by Crippen LogP contribution is 2.49. The van der Waals surface area contributed by atoms with E-state index < -0.39 is 0 Å². The van der Waals surface area contributed by atoms with Crippen LogP contribution in [-0.4, -0.2) is 0 Å². The second kappa shape index (κ2) is 3.23. The Kier molecular flexibility index (Phi) is 1.78. The fraction of sp³-hybridized carbons (Fsp3) is 0.111. The molecule has 0 unspecified atom stereocenters. The standard InChI is InChI=1S/C18H14/c1-11-7-9-13-10-8-12(2)17-15-6-4-3-5-14(15)16(11)18(13)17/h3-10H,1-2H3. The maximum Gasteiger partial charge on any atom is -0.00210 e. The molecule has 0 nitrogen and oxygen atoms in total. The van der Waals surface area contributed by atoms with Crippen molar-refractivity contribution < 1.29 is 0 Å². The van der Waals surface area contributed by atoms with Gasteiger partial charge < -0.3 is 0 Å². The molecule has 0 heteroatoms. The van der Waals surface area contributed by atoms with Gasteiger partial charge in [-0.15, -0.1) is 0 Å². The topological polar surface area (TPSA) is 0 Å². The van der Waals surface area contributed by atoms with Crippen LogP contribution >= 0.6 is 0 Å². The molecule has 0 spiro atoms. The number of rotatable bonds is 0. The van der Waals surface area contributed by atoms with Crippen molar-refractivity contribution >= 4 is 10.8 Å². The van der Waals surface area contributed by atoms with Crippen molar-refractivity contribution in [3.05, 3.63) is 59.7 Å². The SMILES string of the molecule is Cc1ccc2ccc(C)c3c2c1-c1ccccc1-3. The van der Waals surface area contributed by atoms with Crippen molar-refractivity contribution in [1.29, 1.82) is 0 Å². The minimum atomic E-state index is 1.35. The lowest BCUT2D eigenvalue weighted by Gasteiger charge is -2.07. The van der Waals surface area contributed by atoms with Crippen LogP contribution < -0.4 is 0 Å². The van der Waals surface area contributed by atoms with Crippen LogP contribution in [0.25, 0.3) is 33.0 Å². The second-order valence-electron chi connectivity index (χ2n) is 5.16. The zero-order chi connectivity index (χ0) is 12.3. The number of hydrogen-bond donors (Lipinski definition) is 0. The van der Waals surface area contributed by atoms with Gasteiger partial charge in [0.05, 0.1) is 0 Å². The van der Waals surface area contributed by atoms with E-state index in [1.807, 2.05) is 0 Å². The summed E-state index contributed by atoms with van der Waals surface area (Å²) in [5, 5.41) is 2.80. The van der Waals surface area contributed by atoms with Crippen LogP contribution in [-0.2, 0) is 0 Å². The molecule has 0 N–H and O–H groups in total. The maximum atomic E-state index is 2.25. The van der Waals surface area contributed by atoms with Crippen molar-refractivity contribution in [1.82, 2.24) is 0 Å². The van der Waals surface area contributed by atoms with Gasteiger partial charge in [0.15, 0.2) is 0 Å². The first kappa shape index (κ1) is 9.90. The monoisotopic (exact) mass is 230 g/mol. The lowest BCUT2D eigenvalue weighted by atomic mass is 9.97. The summed E-state index contributed by atoms with van der Waals surface area (Å²) in [6.07, 6.45) is 0. The van der Waals surface area contributed by atoms with E-state index in [-0.39, 0.29) is 0 Å². The van der Waals surface area contributed by atoms with Crippen molar-refractivity contribution in [2.75, 3.05) is 0 Å². The summed E-state index contributed by atoms with van der Waals surface area (Å²) in [5.41, 5.74) is 8.40. The first-order valence-electron chi connectivity index (χ1n) is 6.40. The molecule has 1 aliphatic carbocycles. The molecule has 1 aliphatic rings. The molecule has 86 valence electrons. The first-order valence-corrected chi connectivity index (χ1v) is 6.40. The Morgan fingerprint density at radius 1 is 0.611 bits per heavy atom. The molecular formula is C18H14. The van der Waals surface area contributed by atoms with E-state index in [2.05, 4.69) is 62.4 Å². The van der Waals surface area contributed by atoms with Crippen LogP contribution in [0.5, 0.6) is 0 Å². The predicted molar refractivity (Wildman–Crippen MR) is 77.9 cm³/mol. The summed E-state index contributed by atoms with van der Waals surface area (Å²) in [7, 11) is 0. The molecule has 3 aromatic rings. The Morgan fingerprint density at radius 2 is 1.11 bits per heavy atom. The molecule has 0 atom stereocenters. The molecular weight excluding hydrogens is 216 g/mol. The van der Waals surface area contributed by atoms with Gasteiger partial charge in [-0.2, -0.15) is 0 Å². The Hall–Kier alpha value is -2.08. The van der Waals surface area contributed by atoms with E-state index in [0.29, 0.717) is 0 Å². The lowest BCUT2D eigenvalue weighted by molar-refractivity contribution is 1.49. The maximum absolute atomic E-state index is 2.25. The van der Waals surface area contributed by atoms with Crippen molar-refractivity contribution in [2.45, 2.75) is 13.8 Å². The third-order valence-electron chi connectivity index (χ3n) is 4.07. The van der Waals surface area contributed by atoms with Gasteiger partial charge >= 0.3 is 0 Å². The van der Waals surface area contributed by atoms with Crippen LogP contribution in [0.2, 0.25) is 0 Å². The van der Waals surface area contributed by atoms with E-state index in [1.165, 1.54) is 44.2 Å². The molecule has 0 fully saturated rings. The summed E-state index contributed by atoms with van der Waals surface area (Å²) in [4.78, 5) is 0. The van der Waals surface area contributed by atoms with Crippen LogP contribution in [0.3, 0.4) is 0 Å². The Labute approximate surface area is 107 Å². The Balaban J connectivity index is 2.34. The zero-order valence-electron chi connectivity index (χ0n) is 10.6. The molecule has 0 saturated heterocycles. The lowest BCUT2D eigenvalue weighted by Crippen LogP contribution is -1.82. The van der Waals surface area contributed by atoms with Crippen molar-refractivity contribution in [3.8, 4) is 22.3 Å². The Morgan fingerprint density at radius 3 is 1.61 bits per heavy atom. The quantitative estimate of drug-likeness (QED) is 0.394. The average molecular weight is 230 g/mol. The molecule has 0 aromatic heterocycles. The van der Waals surface area contributed by atoms with Crippen LogP contribution in [0, 0.1) is 13.8 Å². The van der Waals surface area contributed by atoms with Crippen molar-refractivity contribution in [2.24, 2.45) is 0 Å². The summed E-state index contributed by atoms with van der Waals surface area (Å²) in [6, 6.07) is 17.7. The first-order chi connectivity index (χ1) is 8.77. The molecule has 0 saturated carbocycles. The summed E-state index contributed by atoms with van der Waals surface area (Å²) < 4.78 is 0. The van der Waals surface area contributed by atoms with Crippen LogP contribution in [0.15, 0.2) is 48.5 Å². The highest BCUT2D eigenvalue weighted by Gasteiger charge is 2.23. The summed E-state index contributed by atoms with van der Waals surface area (Å²) in [5.74, 6) is 0. The van der Waals surface area contributed by atoms with Crippen LogP contribution in [0.4, 0.5) is 0 Å². The van der Waals surface area contributed by atoms with E-state index in [9.17, 15) is 0 Å². The van der Waals surface area contributed by atoms with Gasteiger partial charge in [0.25, 0.3) is 0 Å². The minimum Gasteiger partial charge on any atom is -0.0616 e. The largest absolute Gasteiger partial charge is 0.0616 e. The molecule has 18 heavy (non-hydrogen) atoms.